The molecule has 1 amide bonds. The zero-order valence-corrected chi connectivity index (χ0v) is 15.8. The number of carbonyl (C=O) groups is 1. The lowest BCUT2D eigenvalue weighted by Gasteiger charge is -2.13. The van der Waals surface area contributed by atoms with Crippen LogP contribution in [0.3, 0.4) is 0 Å². The van der Waals surface area contributed by atoms with Crippen LogP contribution in [0.5, 0.6) is 0 Å². The van der Waals surface area contributed by atoms with Crippen molar-refractivity contribution in [3.63, 3.8) is 0 Å². The number of nitro groups is 1. The van der Waals surface area contributed by atoms with Gasteiger partial charge in [-0.15, -0.1) is 0 Å². The Kier molecular flexibility index (Phi) is 5.82. The molecule has 0 aliphatic rings. The van der Waals surface area contributed by atoms with E-state index in [-0.39, 0.29) is 41.0 Å². The number of nitrogens with one attached hydrogen (secondary N) is 1. The minimum absolute atomic E-state index is 0.0456. The number of hydrogen-bond acceptors (Lipinski definition) is 7. The van der Waals surface area contributed by atoms with Gasteiger partial charge >= 0.3 is 0 Å². The van der Waals surface area contributed by atoms with Crippen LogP contribution in [0.4, 0.5) is 15.8 Å². The van der Waals surface area contributed by atoms with E-state index in [2.05, 4.69) is 15.5 Å². The molecule has 0 saturated heterocycles. The molecule has 0 aliphatic heterocycles. The Morgan fingerprint density at radius 2 is 2.00 bits per heavy atom. The molecule has 9 nitrogen and oxygen atoms in total. The number of nitrogens with zero attached hydrogens (tertiary/aromatic N) is 4. The van der Waals surface area contributed by atoms with Crippen LogP contribution in [0.25, 0.3) is 11.5 Å². The van der Waals surface area contributed by atoms with Crippen molar-refractivity contribution in [1.29, 1.82) is 0 Å². The average Bonchev–Trinajstić information content (AvgIpc) is 3.14. The van der Waals surface area contributed by atoms with Crippen LogP contribution in [0, 0.1) is 15.9 Å². The molecule has 0 atom stereocenters. The summed E-state index contributed by atoms with van der Waals surface area (Å²) in [5.74, 6) is -1.27. The maximum Gasteiger partial charge on any atom is 0.293 e. The van der Waals surface area contributed by atoms with E-state index in [0.717, 1.165) is 17.7 Å². The summed E-state index contributed by atoms with van der Waals surface area (Å²) >= 11 is 0. The number of rotatable bonds is 7. The molecule has 0 aliphatic carbocycles. The van der Waals surface area contributed by atoms with Gasteiger partial charge in [0.2, 0.25) is 5.91 Å². The lowest BCUT2D eigenvalue weighted by Crippen LogP contribution is -2.24. The van der Waals surface area contributed by atoms with Crippen LogP contribution < -0.4 is 10.2 Å². The summed E-state index contributed by atoms with van der Waals surface area (Å²) in [6.45, 7) is 0.344. The summed E-state index contributed by atoms with van der Waals surface area (Å²) in [6, 6.07) is 11.4. The van der Waals surface area contributed by atoms with Crippen molar-refractivity contribution in [3.05, 3.63) is 69.8 Å². The van der Waals surface area contributed by atoms with Gasteiger partial charge in [-0.25, -0.2) is 4.39 Å². The van der Waals surface area contributed by atoms with Crippen molar-refractivity contribution >= 4 is 17.3 Å². The minimum atomic E-state index is -0.747. The lowest BCUT2D eigenvalue weighted by atomic mass is 10.1. The van der Waals surface area contributed by atoms with Gasteiger partial charge in [-0.3, -0.25) is 14.9 Å². The summed E-state index contributed by atoms with van der Waals surface area (Å²) in [7, 11) is 3.14. The summed E-state index contributed by atoms with van der Waals surface area (Å²) in [6.07, 6.45) is -0.171. The van der Waals surface area contributed by atoms with Crippen LogP contribution in [-0.4, -0.2) is 35.1 Å². The van der Waals surface area contributed by atoms with Gasteiger partial charge in [-0.05, 0) is 5.56 Å². The Balaban J connectivity index is 1.75. The summed E-state index contributed by atoms with van der Waals surface area (Å²) < 4.78 is 19.5. The number of nitro benzene ring substituents is 1. The highest BCUT2D eigenvalue weighted by atomic mass is 19.1. The van der Waals surface area contributed by atoms with Crippen molar-refractivity contribution in [2.75, 3.05) is 19.0 Å². The van der Waals surface area contributed by atoms with Gasteiger partial charge in [0.25, 0.3) is 11.6 Å². The predicted molar refractivity (Wildman–Crippen MR) is 103 cm³/mol. The zero-order chi connectivity index (χ0) is 21.0. The molecule has 29 heavy (non-hydrogen) atoms. The maximum atomic E-state index is 14.5. The Hall–Kier alpha value is -3.82. The molecular formula is C19H18FN5O4. The highest BCUT2D eigenvalue weighted by molar-refractivity contribution is 5.78. The molecule has 3 rings (SSSR count). The third-order valence-electron chi connectivity index (χ3n) is 4.09. The Bertz CT molecular complexity index is 1040. The van der Waals surface area contributed by atoms with E-state index in [0.29, 0.717) is 6.54 Å². The van der Waals surface area contributed by atoms with Crippen LogP contribution >= 0.6 is 0 Å². The van der Waals surface area contributed by atoms with E-state index in [1.165, 1.54) is 4.90 Å². The zero-order valence-electron chi connectivity index (χ0n) is 15.8. The number of halogens is 1. The molecule has 0 radical (unpaired) electrons. The van der Waals surface area contributed by atoms with Gasteiger partial charge in [-0.1, -0.05) is 35.5 Å². The van der Waals surface area contributed by atoms with Gasteiger partial charge < -0.3 is 14.7 Å². The standard InChI is InChI=1S/C19H18FN5O4/c1-24(2)15-9-14(20)13(8-16(15)25(27)28)19-22-17(23-29-19)10-18(26)21-11-12-6-4-3-5-7-12/h3-9H,10-11H2,1-2H3,(H,21,26). The number of carbonyl (C=O) groups excluding carboxylic acids is 1. The molecular weight excluding hydrogens is 381 g/mol. The van der Waals surface area contributed by atoms with Crippen LogP contribution in [0.1, 0.15) is 11.4 Å². The molecule has 0 fully saturated rings. The van der Waals surface area contributed by atoms with E-state index >= 15 is 0 Å². The Labute approximate surface area is 165 Å². The van der Waals surface area contributed by atoms with Crippen LogP contribution in [-0.2, 0) is 17.8 Å². The number of amides is 1. The number of anilines is 1. The molecule has 1 aromatic heterocycles. The summed E-state index contributed by atoms with van der Waals surface area (Å²) in [4.78, 5) is 28.2. The molecule has 3 aromatic rings. The van der Waals surface area contributed by atoms with Gasteiger partial charge in [-0.2, -0.15) is 4.98 Å². The normalized spacial score (nSPS) is 10.6. The summed E-state index contributed by atoms with van der Waals surface area (Å²) in [5.41, 5.74) is 0.541. The monoisotopic (exact) mass is 399 g/mol. The Morgan fingerprint density at radius 3 is 2.66 bits per heavy atom. The van der Waals surface area contributed by atoms with E-state index in [1.807, 2.05) is 30.3 Å². The fourth-order valence-electron chi connectivity index (χ4n) is 2.66. The molecule has 150 valence electrons. The first-order valence-corrected chi connectivity index (χ1v) is 8.64. The quantitative estimate of drug-likeness (QED) is 0.480. The first-order valence-electron chi connectivity index (χ1n) is 8.64. The second kappa shape index (κ2) is 8.46. The maximum absolute atomic E-state index is 14.5. The Morgan fingerprint density at radius 1 is 1.28 bits per heavy atom. The van der Waals surface area contributed by atoms with Crippen molar-refractivity contribution < 1.29 is 18.6 Å². The SMILES string of the molecule is CN(C)c1cc(F)c(-c2nc(CC(=O)NCc3ccccc3)no2)cc1[N+](=O)[O-]. The first kappa shape index (κ1) is 19.9. The number of aromatic nitrogens is 2. The van der Waals surface area contributed by atoms with E-state index in [4.69, 9.17) is 4.52 Å². The fraction of sp³-hybridized carbons (Fsp3) is 0.211. The van der Waals surface area contributed by atoms with Crippen LogP contribution in [0.15, 0.2) is 47.0 Å². The second-order valence-corrected chi connectivity index (χ2v) is 6.43. The smallest absolute Gasteiger partial charge is 0.293 e. The minimum Gasteiger partial charge on any atom is -0.372 e. The van der Waals surface area contributed by atoms with Gasteiger partial charge in [0.1, 0.15) is 11.5 Å². The molecule has 0 unspecified atom stereocenters. The first-order chi connectivity index (χ1) is 13.8. The molecule has 1 N–H and O–H groups in total. The van der Waals surface area contributed by atoms with Gasteiger partial charge in [0.15, 0.2) is 5.82 Å². The van der Waals surface area contributed by atoms with E-state index in [1.54, 1.807) is 14.1 Å². The lowest BCUT2D eigenvalue weighted by molar-refractivity contribution is -0.384. The third kappa shape index (κ3) is 4.72. The van der Waals surface area contributed by atoms with Gasteiger partial charge in [0, 0.05) is 32.8 Å². The average molecular weight is 399 g/mol. The van der Waals surface area contributed by atoms with Crippen molar-refractivity contribution in [1.82, 2.24) is 15.5 Å². The van der Waals surface area contributed by atoms with E-state index < -0.39 is 10.7 Å². The molecule has 2 aromatic carbocycles. The van der Waals surface area contributed by atoms with E-state index in [9.17, 15) is 19.3 Å². The molecule has 10 heteroatoms. The van der Waals surface area contributed by atoms with Crippen LogP contribution in [0.2, 0.25) is 0 Å². The highest BCUT2D eigenvalue weighted by Gasteiger charge is 2.24. The fourth-order valence-corrected chi connectivity index (χ4v) is 2.66. The van der Waals surface area contributed by atoms with Crippen molar-refractivity contribution in [3.8, 4) is 11.5 Å². The molecule has 0 spiro atoms. The van der Waals surface area contributed by atoms with Gasteiger partial charge in [0.05, 0.1) is 16.9 Å². The van der Waals surface area contributed by atoms with Crippen molar-refractivity contribution in [2.45, 2.75) is 13.0 Å². The summed E-state index contributed by atoms with van der Waals surface area (Å²) in [5, 5.41) is 17.7. The highest BCUT2D eigenvalue weighted by Crippen LogP contribution is 2.34. The number of hydrogen-bond donors (Lipinski definition) is 1. The third-order valence-corrected chi connectivity index (χ3v) is 4.09. The molecule has 0 bridgehead atoms. The second-order valence-electron chi connectivity index (χ2n) is 6.43. The largest absolute Gasteiger partial charge is 0.372 e. The topological polar surface area (TPSA) is 114 Å². The van der Waals surface area contributed by atoms with Crippen molar-refractivity contribution in [2.24, 2.45) is 0 Å². The molecule has 0 saturated carbocycles. The molecule has 1 heterocycles. The predicted octanol–water partition coefficient (Wildman–Crippen LogP) is 2.71. The number of benzene rings is 2.